The van der Waals surface area contributed by atoms with Crippen LogP contribution in [0.15, 0.2) is 53.0 Å². The Balaban J connectivity index is 1.97. The molecule has 0 radical (unpaired) electrons. The Bertz CT molecular complexity index is 986. The molecule has 0 fully saturated rings. The molecule has 0 spiro atoms. The van der Waals surface area contributed by atoms with Crippen LogP contribution in [0.25, 0.3) is 0 Å². The normalized spacial score (nSPS) is 14.4. The molecule has 3 aromatic rings. The molecule has 27 heavy (non-hydrogen) atoms. The standard InChI is InChI=1S/C19H8BrF5O2/c20-13-7-17-18(8-16(13)25)27-19(26-17,11-3-1-9(21)5-14(11)23)12-4-2-10(22)6-15(12)24/h1-8H. The minimum Gasteiger partial charge on any atom is -0.440 e. The monoisotopic (exact) mass is 442 g/mol. The first-order valence-electron chi connectivity index (χ1n) is 7.58. The lowest BCUT2D eigenvalue weighted by atomic mass is 9.96. The van der Waals surface area contributed by atoms with E-state index in [1.54, 1.807) is 0 Å². The van der Waals surface area contributed by atoms with E-state index in [0.29, 0.717) is 12.1 Å². The minimum absolute atomic E-state index is 0.00396. The summed E-state index contributed by atoms with van der Waals surface area (Å²) in [5, 5.41) is 0. The quantitative estimate of drug-likeness (QED) is 0.465. The predicted molar refractivity (Wildman–Crippen MR) is 88.9 cm³/mol. The van der Waals surface area contributed by atoms with Gasteiger partial charge < -0.3 is 9.47 Å². The summed E-state index contributed by atoms with van der Waals surface area (Å²) < 4.78 is 81.1. The van der Waals surface area contributed by atoms with Crippen molar-refractivity contribution < 1.29 is 31.4 Å². The maximum absolute atomic E-state index is 14.5. The van der Waals surface area contributed by atoms with Crippen molar-refractivity contribution in [3.63, 3.8) is 0 Å². The highest BCUT2D eigenvalue weighted by atomic mass is 79.9. The zero-order chi connectivity index (χ0) is 19.3. The van der Waals surface area contributed by atoms with Crippen LogP contribution < -0.4 is 9.47 Å². The highest BCUT2D eigenvalue weighted by Crippen LogP contribution is 2.50. The second-order valence-electron chi connectivity index (χ2n) is 5.78. The Labute approximate surface area is 158 Å². The van der Waals surface area contributed by atoms with Gasteiger partial charge in [0.15, 0.2) is 11.5 Å². The zero-order valence-corrected chi connectivity index (χ0v) is 14.8. The number of hydrogen-bond acceptors (Lipinski definition) is 2. The van der Waals surface area contributed by atoms with Crippen LogP contribution in [0.5, 0.6) is 11.5 Å². The van der Waals surface area contributed by atoms with Crippen molar-refractivity contribution in [2.75, 3.05) is 0 Å². The third-order valence-electron chi connectivity index (χ3n) is 4.07. The van der Waals surface area contributed by atoms with Crippen molar-refractivity contribution in [1.29, 1.82) is 0 Å². The first kappa shape index (κ1) is 17.8. The Kier molecular flexibility index (Phi) is 4.10. The van der Waals surface area contributed by atoms with E-state index < -0.39 is 34.9 Å². The summed E-state index contributed by atoms with van der Waals surface area (Å²) in [6.45, 7) is 0. The van der Waals surface area contributed by atoms with Crippen LogP contribution >= 0.6 is 15.9 Å². The molecule has 2 nitrogen and oxygen atoms in total. The van der Waals surface area contributed by atoms with Crippen molar-refractivity contribution in [1.82, 2.24) is 0 Å². The van der Waals surface area contributed by atoms with Crippen LogP contribution in [0.4, 0.5) is 22.0 Å². The summed E-state index contributed by atoms with van der Waals surface area (Å²) in [7, 11) is 0. The van der Waals surface area contributed by atoms with E-state index in [9.17, 15) is 22.0 Å². The smallest absolute Gasteiger partial charge is 0.311 e. The lowest BCUT2D eigenvalue weighted by Crippen LogP contribution is -2.39. The molecule has 1 aliphatic heterocycles. The molecule has 0 atom stereocenters. The molecular weight excluding hydrogens is 435 g/mol. The Morgan fingerprint density at radius 2 is 1.11 bits per heavy atom. The summed E-state index contributed by atoms with van der Waals surface area (Å²) in [5.41, 5.74) is -0.718. The van der Waals surface area contributed by atoms with E-state index >= 15 is 0 Å². The van der Waals surface area contributed by atoms with Gasteiger partial charge in [-0.3, -0.25) is 0 Å². The molecule has 3 aromatic carbocycles. The molecule has 0 bridgehead atoms. The molecule has 0 N–H and O–H groups in total. The maximum Gasteiger partial charge on any atom is 0.311 e. The summed E-state index contributed by atoms with van der Waals surface area (Å²) in [5.74, 6) is -6.93. The Morgan fingerprint density at radius 3 is 1.59 bits per heavy atom. The van der Waals surface area contributed by atoms with Gasteiger partial charge in [-0.15, -0.1) is 0 Å². The first-order valence-corrected chi connectivity index (χ1v) is 8.37. The average Bonchev–Trinajstić information content (AvgIpc) is 2.93. The lowest BCUT2D eigenvalue weighted by Gasteiger charge is -2.29. The molecule has 1 heterocycles. The van der Waals surface area contributed by atoms with Crippen LogP contribution in [0.2, 0.25) is 0 Å². The molecule has 1 aliphatic rings. The number of ether oxygens (including phenoxy) is 2. The van der Waals surface area contributed by atoms with Gasteiger partial charge in [-0.1, -0.05) is 0 Å². The molecule has 0 unspecified atom stereocenters. The first-order chi connectivity index (χ1) is 12.8. The number of rotatable bonds is 2. The summed E-state index contributed by atoms with van der Waals surface area (Å²) in [6.07, 6.45) is 0. The average molecular weight is 443 g/mol. The molecular formula is C19H8BrF5O2. The fraction of sp³-hybridized carbons (Fsp3) is 0.0526. The van der Waals surface area contributed by atoms with Gasteiger partial charge in [-0.2, -0.15) is 0 Å². The highest BCUT2D eigenvalue weighted by molar-refractivity contribution is 9.10. The van der Waals surface area contributed by atoms with Gasteiger partial charge in [-0.25, -0.2) is 22.0 Å². The van der Waals surface area contributed by atoms with Crippen LogP contribution in [-0.4, -0.2) is 0 Å². The molecule has 0 amide bonds. The number of fused-ring (bicyclic) bond motifs is 1. The molecule has 0 saturated heterocycles. The number of halogens is 6. The fourth-order valence-corrected chi connectivity index (χ4v) is 3.20. The van der Waals surface area contributed by atoms with Gasteiger partial charge in [0.25, 0.3) is 0 Å². The van der Waals surface area contributed by atoms with E-state index in [4.69, 9.17) is 9.47 Å². The van der Waals surface area contributed by atoms with Gasteiger partial charge in [0, 0.05) is 24.3 Å². The van der Waals surface area contributed by atoms with Crippen LogP contribution in [0, 0.1) is 29.1 Å². The predicted octanol–water partition coefficient (Wildman–Crippen LogP) is 5.82. The minimum atomic E-state index is -2.23. The van der Waals surface area contributed by atoms with E-state index in [2.05, 4.69) is 15.9 Å². The maximum atomic E-state index is 14.5. The van der Waals surface area contributed by atoms with Crippen molar-refractivity contribution in [2.45, 2.75) is 5.79 Å². The van der Waals surface area contributed by atoms with Gasteiger partial charge >= 0.3 is 5.79 Å². The zero-order valence-electron chi connectivity index (χ0n) is 13.2. The van der Waals surface area contributed by atoms with Crippen LogP contribution in [0.1, 0.15) is 11.1 Å². The highest BCUT2D eigenvalue weighted by Gasteiger charge is 2.49. The van der Waals surface area contributed by atoms with E-state index in [1.807, 2.05) is 0 Å². The van der Waals surface area contributed by atoms with E-state index in [-0.39, 0.29) is 27.1 Å². The van der Waals surface area contributed by atoms with Crippen molar-refractivity contribution in [3.05, 3.63) is 93.2 Å². The van der Waals surface area contributed by atoms with Crippen LogP contribution in [-0.2, 0) is 5.79 Å². The molecule has 138 valence electrons. The van der Waals surface area contributed by atoms with Gasteiger partial charge in [-0.05, 0) is 40.2 Å². The topological polar surface area (TPSA) is 18.5 Å². The fourth-order valence-electron chi connectivity index (χ4n) is 2.88. The Hall–Kier alpha value is -2.61. The molecule has 0 aliphatic carbocycles. The second kappa shape index (κ2) is 6.23. The number of benzene rings is 3. The molecule has 0 aromatic heterocycles. The van der Waals surface area contributed by atoms with E-state index in [1.165, 1.54) is 6.07 Å². The molecule has 4 rings (SSSR count). The summed E-state index contributed by atoms with van der Waals surface area (Å²) in [4.78, 5) is 0. The van der Waals surface area contributed by atoms with Gasteiger partial charge in [0.2, 0.25) is 0 Å². The second-order valence-corrected chi connectivity index (χ2v) is 6.64. The summed E-state index contributed by atoms with van der Waals surface area (Å²) in [6, 6.07) is 7.27. The van der Waals surface area contributed by atoms with E-state index in [0.717, 1.165) is 30.3 Å². The molecule has 8 heteroatoms. The third-order valence-corrected chi connectivity index (χ3v) is 4.67. The molecule has 0 saturated carbocycles. The lowest BCUT2D eigenvalue weighted by molar-refractivity contribution is -0.0516. The van der Waals surface area contributed by atoms with Gasteiger partial charge in [0.1, 0.15) is 29.1 Å². The van der Waals surface area contributed by atoms with Crippen LogP contribution in [0.3, 0.4) is 0 Å². The van der Waals surface area contributed by atoms with Crippen molar-refractivity contribution in [3.8, 4) is 11.5 Å². The number of hydrogen-bond donors (Lipinski definition) is 0. The Morgan fingerprint density at radius 1 is 0.630 bits per heavy atom. The van der Waals surface area contributed by atoms with Crippen molar-refractivity contribution >= 4 is 15.9 Å². The summed E-state index contributed by atoms with van der Waals surface area (Å²) >= 11 is 2.99. The van der Waals surface area contributed by atoms with Crippen molar-refractivity contribution in [2.24, 2.45) is 0 Å². The third kappa shape index (κ3) is 2.84. The SMILES string of the molecule is Fc1ccc(C2(c3ccc(F)cc3F)Oc3cc(F)c(Br)cc3O2)c(F)c1. The largest absolute Gasteiger partial charge is 0.440 e. The van der Waals surface area contributed by atoms with Gasteiger partial charge in [0.05, 0.1) is 15.6 Å².